The van der Waals surface area contributed by atoms with Crippen LogP contribution < -0.4 is 4.90 Å². The first-order chi connectivity index (χ1) is 15.3. The average molecular weight is 417 g/mol. The van der Waals surface area contributed by atoms with Gasteiger partial charge in [0.15, 0.2) is 18.1 Å². The largest absolute Gasteiger partial charge is 0.463 e. The zero-order chi connectivity index (χ0) is 21.0. The zero-order valence-electron chi connectivity index (χ0n) is 16.9. The van der Waals surface area contributed by atoms with E-state index in [1.54, 1.807) is 12.5 Å². The monoisotopic (exact) mass is 417 g/mol. The van der Waals surface area contributed by atoms with Crippen molar-refractivity contribution < 1.29 is 22.7 Å². The fourth-order valence-corrected chi connectivity index (χ4v) is 3.56. The summed E-state index contributed by atoms with van der Waals surface area (Å²) in [5, 5.41) is 12.8. The maximum absolute atomic E-state index is 6.04. The van der Waals surface area contributed by atoms with Crippen LogP contribution in [0.1, 0.15) is 23.2 Å². The molecule has 0 atom stereocenters. The van der Waals surface area contributed by atoms with Gasteiger partial charge in [-0.25, -0.2) is 0 Å². The molecular formula is C23H21N4O4+. The molecule has 5 rings (SSSR count). The number of benzene rings is 1. The van der Waals surface area contributed by atoms with Crippen molar-refractivity contribution in [3.63, 3.8) is 0 Å². The van der Waals surface area contributed by atoms with Gasteiger partial charge in [0.2, 0.25) is 0 Å². The van der Waals surface area contributed by atoms with E-state index in [-0.39, 0.29) is 0 Å². The topological polar surface area (TPSA) is 95.7 Å². The van der Waals surface area contributed by atoms with Crippen molar-refractivity contribution in [2.75, 3.05) is 0 Å². The number of quaternary nitrogens is 1. The van der Waals surface area contributed by atoms with Gasteiger partial charge in [0.05, 0.1) is 12.5 Å². The molecule has 0 spiro atoms. The van der Waals surface area contributed by atoms with Crippen molar-refractivity contribution >= 4 is 0 Å². The molecule has 0 bridgehead atoms. The van der Waals surface area contributed by atoms with Crippen LogP contribution in [0.5, 0.6) is 0 Å². The number of nitrogens with one attached hydrogen (secondary N) is 1. The number of furan rings is 2. The van der Waals surface area contributed by atoms with Gasteiger partial charge in [-0.15, -0.1) is 10.2 Å². The summed E-state index contributed by atoms with van der Waals surface area (Å²) in [7, 11) is 0. The first-order valence-corrected chi connectivity index (χ1v) is 9.99. The Labute approximate surface area is 178 Å². The van der Waals surface area contributed by atoms with Crippen molar-refractivity contribution in [3.05, 3.63) is 90.3 Å². The highest BCUT2D eigenvalue weighted by atomic mass is 16.5. The third-order valence-corrected chi connectivity index (χ3v) is 5.00. The fraction of sp³-hybridized carbons (Fsp3) is 0.174. The third-order valence-electron chi connectivity index (χ3n) is 5.00. The molecule has 8 heteroatoms. The van der Waals surface area contributed by atoms with Gasteiger partial charge in [-0.05, 0) is 31.2 Å². The molecule has 156 valence electrons. The maximum atomic E-state index is 6.04. The lowest BCUT2D eigenvalue weighted by atomic mass is 10.1. The first kappa shape index (κ1) is 19.1. The summed E-state index contributed by atoms with van der Waals surface area (Å²) < 4.78 is 22.5. The molecule has 0 saturated heterocycles. The molecule has 1 aromatic carbocycles. The van der Waals surface area contributed by atoms with E-state index < -0.39 is 0 Å². The lowest BCUT2D eigenvalue weighted by molar-refractivity contribution is -0.944. The lowest BCUT2D eigenvalue weighted by Gasteiger charge is -2.15. The Morgan fingerprint density at radius 1 is 0.806 bits per heavy atom. The number of aromatic nitrogens is 3. The van der Waals surface area contributed by atoms with E-state index in [0.29, 0.717) is 48.4 Å². The Kier molecular flexibility index (Phi) is 5.20. The van der Waals surface area contributed by atoms with Crippen LogP contribution in [-0.2, 0) is 19.6 Å². The Morgan fingerprint density at radius 3 is 2.16 bits per heavy atom. The molecule has 5 aromatic rings. The molecule has 1 N–H and O–H groups in total. The van der Waals surface area contributed by atoms with Crippen LogP contribution in [0.3, 0.4) is 0 Å². The van der Waals surface area contributed by atoms with E-state index in [0.717, 1.165) is 22.0 Å². The third kappa shape index (κ3) is 4.19. The van der Waals surface area contributed by atoms with Crippen LogP contribution in [0.4, 0.5) is 0 Å². The maximum Gasteiger partial charge on any atom is 0.271 e. The first-order valence-electron chi connectivity index (χ1n) is 9.99. The Balaban J connectivity index is 1.40. The van der Waals surface area contributed by atoms with Gasteiger partial charge in [-0.3, -0.25) is 0 Å². The summed E-state index contributed by atoms with van der Waals surface area (Å²) in [5.41, 5.74) is 2.32. The number of aryl methyl sites for hydroxylation is 1. The van der Waals surface area contributed by atoms with Crippen molar-refractivity contribution in [2.24, 2.45) is 0 Å². The van der Waals surface area contributed by atoms with Crippen molar-refractivity contribution in [3.8, 4) is 22.7 Å². The number of rotatable bonds is 8. The molecule has 8 nitrogen and oxygen atoms in total. The van der Waals surface area contributed by atoms with Gasteiger partial charge >= 0.3 is 0 Å². The number of nitrogens with zero attached hydrogens (tertiary/aromatic N) is 3. The molecule has 4 aromatic heterocycles. The summed E-state index contributed by atoms with van der Waals surface area (Å²) in [6.07, 6.45) is 3.34. The van der Waals surface area contributed by atoms with Crippen LogP contribution in [0.15, 0.2) is 84.9 Å². The quantitative estimate of drug-likeness (QED) is 0.411. The average Bonchev–Trinajstić information content (AvgIpc) is 3.57. The van der Waals surface area contributed by atoms with E-state index in [2.05, 4.69) is 15.4 Å². The van der Waals surface area contributed by atoms with Gasteiger partial charge in [0.1, 0.15) is 30.1 Å². The van der Waals surface area contributed by atoms with Gasteiger partial charge in [0, 0.05) is 5.56 Å². The normalized spacial score (nSPS) is 11.4. The predicted octanol–water partition coefficient (Wildman–Crippen LogP) is 3.67. The van der Waals surface area contributed by atoms with Crippen LogP contribution >= 0.6 is 0 Å². The second-order valence-electron chi connectivity index (χ2n) is 7.27. The molecule has 0 aliphatic heterocycles. The van der Waals surface area contributed by atoms with Crippen molar-refractivity contribution in [2.45, 2.75) is 26.6 Å². The highest BCUT2D eigenvalue weighted by Crippen LogP contribution is 2.33. The van der Waals surface area contributed by atoms with E-state index in [1.807, 2.05) is 61.5 Å². The summed E-state index contributed by atoms with van der Waals surface area (Å²) >= 11 is 0. The van der Waals surface area contributed by atoms with Crippen LogP contribution in [0.2, 0.25) is 0 Å². The predicted molar refractivity (Wildman–Crippen MR) is 109 cm³/mol. The molecule has 0 aliphatic carbocycles. The minimum Gasteiger partial charge on any atom is -0.463 e. The molecule has 0 saturated carbocycles. The zero-order valence-corrected chi connectivity index (χ0v) is 16.9. The van der Waals surface area contributed by atoms with Crippen molar-refractivity contribution in [1.82, 2.24) is 15.4 Å². The SMILES string of the molecule is Cc1onc(-c2ccccc2)c1-c1nnc(C[NH+](Cc2ccco2)Cc2ccco2)o1. The molecule has 0 aliphatic rings. The van der Waals surface area contributed by atoms with Gasteiger partial charge in [0.25, 0.3) is 11.8 Å². The summed E-state index contributed by atoms with van der Waals surface area (Å²) in [6, 6.07) is 17.5. The second kappa shape index (κ2) is 8.45. The Bertz CT molecular complexity index is 1190. The molecule has 31 heavy (non-hydrogen) atoms. The highest BCUT2D eigenvalue weighted by Gasteiger charge is 2.24. The summed E-state index contributed by atoms with van der Waals surface area (Å²) in [6.45, 7) is 3.67. The molecule has 4 heterocycles. The fourth-order valence-electron chi connectivity index (χ4n) is 3.56. The van der Waals surface area contributed by atoms with E-state index >= 15 is 0 Å². The molecule has 0 amide bonds. The van der Waals surface area contributed by atoms with Gasteiger partial charge < -0.3 is 22.7 Å². The van der Waals surface area contributed by atoms with Gasteiger partial charge in [-0.2, -0.15) is 0 Å². The van der Waals surface area contributed by atoms with E-state index in [4.69, 9.17) is 17.8 Å². The summed E-state index contributed by atoms with van der Waals surface area (Å²) in [5.74, 6) is 3.29. The Hall–Kier alpha value is -3.91. The van der Waals surface area contributed by atoms with Crippen LogP contribution in [0.25, 0.3) is 22.7 Å². The minimum atomic E-state index is 0.392. The molecule has 0 fully saturated rings. The second-order valence-corrected chi connectivity index (χ2v) is 7.27. The van der Waals surface area contributed by atoms with E-state index in [1.165, 1.54) is 0 Å². The smallest absolute Gasteiger partial charge is 0.271 e. The van der Waals surface area contributed by atoms with Crippen LogP contribution in [-0.4, -0.2) is 15.4 Å². The minimum absolute atomic E-state index is 0.392. The standard InChI is InChI=1S/C23H20N4O4/c1-16-21(22(26-31-16)17-7-3-2-4-8-17)23-25-24-20(30-23)15-27(13-18-9-5-11-28-18)14-19-10-6-12-29-19/h2-12H,13-15H2,1H3/p+1. The molecule has 0 unspecified atom stereocenters. The summed E-state index contributed by atoms with van der Waals surface area (Å²) in [4.78, 5) is 1.14. The lowest BCUT2D eigenvalue weighted by Crippen LogP contribution is -3.08. The number of hydrogen-bond acceptors (Lipinski definition) is 7. The van der Waals surface area contributed by atoms with Gasteiger partial charge in [-0.1, -0.05) is 35.5 Å². The van der Waals surface area contributed by atoms with Crippen LogP contribution in [0, 0.1) is 6.92 Å². The molecule has 0 radical (unpaired) electrons. The molecular weight excluding hydrogens is 396 g/mol. The highest BCUT2D eigenvalue weighted by molar-refractivity contribution is 5.77. The van der Waals surface area contributed by atoms with Crippen molar-refractivity contribution in [1.29, 1.82) is 0 Å². The Morgan fingerprint density at radius 2 is 1.52 bits per heavy atom. The number of hydrogen-bond donors (Lipinski definition) is 1. The van der Waals surface area contributed by atoms with E-state index in [9.17, 15) is 0 Å².